The molecule has 18 heavy (non-hydrogen) atoms. The largest absolute Gasteiger partial charge is 0.383 e. The first kappa shape index (κ1) is 13.7. The molecule has 0 aliphatic carbocycles. The predicted molar refractivity (Wildman–Crippen MR) is 69.9 cm³/mol. The Bertz CT molecular complexity index is 431. The first-order valence-corrected chi connectivity index (χ1v) is 6.56. The Morgan fingerprint density at radius 1 is 1.61 bits per heavy atom. The van der Waals surface area contributed by atoms with Crippen LogP contribution in [0.3, 0.4) is 0 Å². The van der Waals surface area contributed by atoms with Gasteiger partial charge in [-0.1, -0.05) is 0 Å². The van der Waals surface area contributed by atoms with Crippen LogP contribution in [0.5, 0.6) is 0 Å². The zero-order valence-electron chi connectivity index (χ0n) is 10.9. The van der Waals surface area contributed by atoms with Gasteiger partial charge in [0.15, 0.2) is 4.77 Å². The van der Waals surface area contributed by atoms with E-state index >= 15 is 0 Å². The van der Waals surface area contributed by atoms with Gasteiger partial charge in [0.2, 0.25) is 0 Å². The van der Waals surface area contributed by atoms with Crippen LogP contribution in [-0.4, -0.2) is 58.8 Å². The summed E-state index contributed by atoms with van der Waals surface area (Å²) in [4.78, 5) is 2.30. The summed E-state index contributed by atoms with van der Waals surface area (Å²) in [6.45, 7) is 6.83. The molecular formula is C11H20N4O2S. The summed E-state index contributed by atoms with van der Waals surface area (Å²) in [5.74, 6) is 0. The quantitative estimate of drug-likeness (QED) is 0.740. The lowest BCUT2D eigenvalue weighted by molar-refractivity contribution is -0.0307. The maximum atomic E-state index is 5.52. The van der Waals surface area contributed by atoms with Gasteiger partial charge in [-0.25, -0.2) is 4.68 Å². The molecule has 0 bridgehead atoms. The second kappa shape index (κ2) is 6.42. The van der Waals surface area contributed by atoms with Crippen molar-refractivity contribution in [3.63, 3.8) is 0 Å². The number of hydrogen-bond acceptors (Lipinski definition) is 5. The van der Waals surface area contributed by atoms with Gasteiger partial charge in [-0.3, -0.25) is 4.90 Å². The molecule has 0 aromatic carbocycles. The smallest absolute Gasteiger partial charge is 0.198 e. The van der Waals surface area contributed by atoms with Gasteiger partial charge in [-0.05, 0) is 19.1 Å². The Morgan fingerprint density at radius 3 is 3.17 bits per heavy atom. The molecule has 6 nitrogen and oxygen atoms in total. The topological polar surface area (TPSA) is 44.5 Å². The molecule has 1 unspecified atom stereocenters. The summed E-state index contributed by atoms with van der Waals surface area (Å²) in [5.41, 5.74) is 0. The fraction of sp³-hybridized carbons (Fsp3) is 0.818. The van der Waals surface area contributed by atoms with Gasteiger partial charge >= 0.3 is 0 Å². The van der Waals surface area contributed by atoms with Gasteiger partial charge < -0.3 is 14.0 Å². The number of methoxy groups -OCH3 is 1. The maximum Gasteiger partial charge on any atom is 0.198 e. The van der Waals surface area contributed by atoms with Crippen LogP contribution in [0, 0.1) is 4.77 Å². The second-order valence-corrected chi connectivity index (χ2v) is 4.86. The lowest BCUT2D eigenvalue weighted by Gasteiger charge is -2.30. The van der Waals surface area contributed by atoms with E-state index in [9.17, 15) is 0 Å². The predicted octanol–water partition coefficient (Wildman–Crippen LogP) is 0.739. The molecular weight excluding hydrogens is 252 g/mol. The molecule has 1 aromatic rings. The van der Waals surface area contributed by atoms with E-state index in [2.05, 4.69) is 16.9 Å². The van der Waals surface area contributed by atoms with E-state index in [1.165, 1.54) is 0 Å². The molecule has 2 heterocycles. The molecule has 1 atom stereocenters. The number of ether oxygens (including phenoxy) is 2. The van der Waals surface area contributed by atoms with Crippen molar-refractivity contribution in [2.45, 2.75) is 26.2 Å². The van der Waals surface area contributed by atoms with Crippen molar-refractivity contribution in [2.24, 2.45) is 0 Å². The summed E-state index contributed by atoms with van der Waals surface area (Å²) < 4.78 is 15.1. The molecule has 1 fully saturated rings. The Balaban J connectivity index is 1.97. The van der Waals surface area contributed by atoms with Gasteiger partial charge in [0.25, 0.3) is 0 Å². The zero-order chi connectivity index (χ0) is 13.0. The molecule has 1 aromatic heterocycles. The second-order valence-electron chi connectivity index (χ2n) is 4.50. The van der Waals surface area contributed by atoms with Gasteiger partial charge in [0, 0.05) is 26.7 Å². The third-order valence-corrected chi connectivity index (χ3v) is 3.44. The standard InChI is InChI=1S/C11H20N4O2S/c1-10-7-13(3-6-17-10)9-15-11(18)14(8-12-15)4-5-16-2/h8,10H,3-7,9H2,1-2H3. The van der Waals surface area contributed by atoms with Crippen molar-refractivity contribution in [2.75, 3.05) is 33.4 Å². The van der Waals surface area contributed by atoms with E-state index in [-0.39, 0.29) is 6.10 Å². The summed E-state index contributed by atoms with van der Waals surface area (Å²) in [7, 11) is 1.68. The molecule has 0 N–H and O–H groups in total. The van der Waals surface area contributed by atoms with Crippen molar-refractivity contribution < 1.29 is 9.47 Å². The summed E-state index contributed by atoms with van der Waals surface area (Å²) in [5, 5.41) is 4.33. The number of hydrogen-bond donors (Lipinski definition) is 0. The fourth-order valence-electron chi connectivity index (χ4n) is 2.02. The molecule has 0 radical (unpaired) electrons. The highest BCUT2D eigenvalue weighted by atomic mass is 32.1. The fourth-order valence-corrected chi connectivity index (χ4v) is 2.26. The van der Waals surface area contributed by atoms with Gasteiger partial charge in [-0.15, -0.1) is 0 Å². The molecule has 1 saturated heterocycles. The average Bonchev–Trinajstić information content (AvgIpc) is 2.69. The molecule has 1 aliphatic heterocycles. The van der Waals surface area contributed by atoms with Crippen LogP contribution in [0.4, 0.5) is 0 Å². The maximum absolute atomic E-state index is 5.52. The van der Waals surface area contributed by atoms with E-state index in [4.69, 9.17) is 21.7 Å². The minimum atomic E-state index is 0.281. The van der Waals surface area contributed by atoms with Crippen molar-refractivity contribution >= 4 is 12.2 Å². The number of aromatic nitrogens is 3. The van der Waals surface area contributed by atoms with Crippen LogP contribution in [-0.2, 0) is 22.7 Å². The van der Waals surface area contributed by atoms with Crippen LogP contribution < -0.4 is 0 Å². The number of morpholine rings is 1. The van der Waals surface area contributed by atoms with E-state index in [0.717, 1.165) is 37.7 Å². The van der Waals surface area contributed by atoms with Crippen molar-refractivity contribution in [3.05, 3.63) is 11.1 Å². The van der Waals surface area contributed by atoms with Gasteiger partial charge in [0.1, 0.15) is 6.33 Å². The number of nitrogens with zero attached hydrogens (tertiary/aromatic N) is 4. The van der Waals surface area contributed by atoms with Gasteiger partial charge in [0.05, 0.1) is 26.0 Å². The molecule has 0 amide bonds. The van der Waals surface area contributed by atoms with Crippen LogP contribution in [0.1, 0.15) is 6.92 Å². The molecule has 102 valence electrons. The lowest BCUT2D eigenvalue weighted by Crippen LogP contribution is -2.42. The Labute approximate surface area is 112 Å². The third-order valence-electron chi connectivity index (χ3n) is 2.99. The first-order chi connectivity index (χ1) is 8.70. The molecule has 1 aliphatic rings. The van der Waals surface area contributed by atoms with Crippen LogP contribution >= 0.6 is 12.2 Å². The lowest BCUT2D eigenvalue weighted by atomic mass is 10.3. The highest BCUT2D eigenvalue weighted by Crippen LogP contribution is 2.06. The highest BCUT2D eigenvalue weighted by molar-refractivity contribution is 7.71. The summed E-state index contributed by atoms with van der Waals surface area (Å²) >= 11 is 5.39. The van der Waals surface area contributed by atoms with Crippen LogP contribution in [0.15, 0.2) is 6.33 Å². The Kier molecular flexibility index (Phi) is 4.87. The molecule has 0 spiro atoms. The monoisotopic (exact) mass is 272 g/mol. The van der Waals surface area contributed by atoms with Crippen molar-refractivity contribution in [1.29, 1.82) is 0 Å². The summed E-state index contributed by atoms with van der Waals surface area (Å²) in [6, 6.07) is 0. The van der Waals surface area contributed by atoms with Gasteiger partial charge in [-0.2, -0.15) is 5.10 Å². The SMILES string of the molecule is COCCn1cnn(CN2CCOC(C)C2)c1=S. The van der Waals surface area contributed by atoms with Crippen LogP contribution in [0.25, 0.3) is 0 Å². The molecule has 2 rings (SSSR count). The van der Waals surface area contributed by atoms with E-state index in [1.807, 2.05) is 9.25 Å². The van der Waals surface area contributed by atoms with E-state index < -0.39 is 0 Å². The molecule has 7 heteroatoms. The zero-order valence-corrected chi connectivity index (χ0v) is 11.7. The summed E-state index contributed by atoms with van der Waals surface area (Å²) in [6.07, 6.45) is 2.05. The van der Waals surface area contributed by atoms with Crippen molar-refractivity contribution in [3.8, 4) is 0 Å². The van der Waals surface area contributed by atoms with Crippen molar-refractivity contribution in [1.82, 2.24) is 19.2 Å². The molecule has 0 saturated carbocycles. The Hall–Kier alpha value is -0.760. The minimum Gasteiger partial charge on any atom is -0.383 e. The first-order valence-electron chi connectivity index (χ1n) is 6.16. The van der Waals surface area contributed by atoms with E-state index in [1.54, 1.807) is 13.4 Å². The van der Waals surface area contributed by atoms with Crippen LogP contribution in [0.2, 0.25) is 0 Å². The number of rotatable bonds is 5. The normalized spacial score (nSPS) is 21.3. The Morgan fingerprint density at radius 2 is 2.44 bits per heavy atom. The highest BCUT2D eigenvalue weighted by Gasteiger charge is 2.17. The minimum absolute atomic E-state index is 0.281. The van der Waals surface area contributed by atoms with E-state index in [0.29, 0.717) is 6.61 Å². The average molecular weight is 272 g/mol. The third kappa shape index (κ3) is 3.38.